The smallest absolute Gasteiger partial charge is 0.320 e. The number of hydrogen-bond donors (Lipinski definition) is 0. The molecule has 0 aliphatic carbocycles. The molecule has 0 bridgehead atoms. The molecule has 3 heterocycles. The second-order valence-corrected chi connectivity index (χ2v) is 9.73. The van der Waals surface area contributed by atoms with E-state index in [2.05, 4.69) is 41.3 Å². The van der Waals surface area contributed by atoms with Gasteiger partial charge in [-0.2, -0.15) is 16.7 Å². The minimum absolute atomic E-state index is 0.0380. The number of hydrogen-bond acceptors (Lipinski definition) is 6. The van der Waals surface area contributed by atoms with E-state index in [1.807, 2.05) is 28.5 Å². The molecule has 2 fully saturated rings. The number of likely N-dealkylation sites (tertiary alicyclic amines) is 1. The molecule has 2 aromatic rings. The Morgan fingerprint density at radius 2 is 1.88 bits per heavy atom. The molecular formula is C24H34N4O3S. The summed E-state index contributed by atoms with van der Waals surface area (Å²) >= 11 is 1.92. The third-order valence-electron chi connectivity index (χ3n) is 6.37. The summed E-state index contributed by atoms with van der Waals surface area (Å²) in [6, 6.07) is 8.97. The van der Waals surface area contributed by atoms with Gasteiger partial charge in [0.2, 0.25) is 5.89 Å². The average Bonchev–Trinajstić information content (AvgIpc) is 3.33. The van der Waals surface area contributed by atoms with Gasteiger partial charge in [-0.25, -0.2) is 4.79 Å². The van der Waals surface area contributed by atoms with E-state index in [9.17, 15) is 4.79 Å². The van der Waals surface area contributed by atoms with Crippen LogP contribution in [0, 0.1) is 0 Å². The Kier molecular flexibility index (Phi) is 8.08. The van der Waals surface area contributed by atoms with Crippen LogP contribution in [-0.2, 0) is 17.6 Å². The van der Waals surface area contributed by atoms with Crippen LogP contribution in [0.2, 0.25) is 0 Å². The monoisotopic (exact) mass is 458 g/mol. The zero-order chi connectivity index (χ0) is 22.3. The molecule has 2 saturated heterocycles. The molecule has 0 N–H and O–H groups in total. The average molecular weight is 459 g/mol. The molecule has 7 nitrogen and oxygen atoms in total. The van der Waals surface area contributed by atoms with Crippen molar-refractivity contribution in [2.24, 2.45) is 0 Å². The van der Waals surface area contributed by atoms with Crippen molar-refractivity contribution in [2.45, 2.75) is 44.9 Å². The van der Waals surface area contributed by atoms with E-state index in [1.54, 1.807) is 0 Å². The number of aryl methyl sites for hydroxylation is 1. The van der Waals surface area contributed by atoms with Gasteiger partial charge in [-0.05, 0) is 30.9 Å². The Labute approximate surface area is 194 Å². The number of carbonyl (C=O) groups is 1. The summed E-state index contributed by atoms with van der Waals surface area (Å²) in [6.45, 7) is 8.41. The topological polar surface area (TPSA) is 71.7 Å². The highest BCUT2D eigenvalue weighted by Crippen LogP contribution is 2.36. The lowest BCUT2D eigenvalue weighted by molar-refractivity contribution is 0.130. The minimum atomic E-state index is 0.0380. The van der Waals surface area contributed by atoms with E-state index in [-0.39, 0.29) is 17.9 Å². The van der Waals surface area contributed by atoms with Crippen LogP contribution in [0.15, 0.2) is 28.8 Å². The first kappa shape index (κ1) is 23.1. The van der Waals surface area contributed by atoms with Crippen molar-refractivity contribution in [3.05, 3.63) is 47.1 Å². The summed E-state index contributed by atoms with van der Waals surface area (Å²) in [6.07, 6.45) is 2.57. The van der Waals surface area contributed by atoms with Gasteiger partial charge >= 0.3 is 6.03 Å². The highest BCUT2D eigenvalue weighted by molar-refractivity contribution is 7.99. The largest absolute Gasteiger partial charge is 0.381 e. The normalized spacial score (nSPS) is 21.7. The number of nitrogens with zero attached hydrogens (tertiary/aromatic N) is 4. The number of benzene rings is 1. The number of piperidine rings is 1. The van der Waals surface area contributed by atoms with Crippen molar-refractivity contribution < 1.29 is 14.1 Å². The first-order chi connectivity index (χ1) is 15.7. The predicted molar refractivity (Wildman–Crippen MR) is 126 cm³/mol. The van der Waals surface area contributed by atoms with E-state index >= 15 is 0 Å². The minimum Gasteiger partial charge on any atom is -0.381 e. The van der Waals surface area contributed by atoms with Crippen molar-refractivity contribution in [2.75, 3.05) is 50.9 Å². The molecule has 0 radical (unpaired) electrons. The number of ether oxygens (including phenoxy) is 1. The number of thioether (sulfide) groups is 1. The lowest BCUT2D eigenvalue weighted by Gasteiger charge is -2.40. The van der Waals surface area contributed by atoms with Crippen LogP contribution in [0.1, 0.15) is 54.9 Å². The lowest BCUT2D eigenvalue weighted by Crippen LogP contribution is -2.51. The number of urea groups is 1. The number of amides is 2. The molecule has 0 spiro atoms. The van der Waals surface area contributed by atoms with Gasteiger partial charge in [0.25, 0.3) is 0 Å². The van der Waals surface area contributed by atoms with Crippen LogP contribution in [0.5, 0.6) is 0 Å². The summed E-state index contributed by atoms with van der Waals surface area (Å²) in [7, 11) is 0. The third-order valence-corrected chi connectivity index (χ3v) is 7.31. The summed E-state index contributed by atoms with van der Waals surface area (Å²) in [5, 5.41) is 4.16. The highest BCUT2D eigenvalue weighted by atomic mass is 32.2. The first-order valence-corrected chi connectivity index (χ1v) is 12.9. The van der Waals surface area contributed by atoms with Crippen LogP contribution < -0.4 is 0 Å². The molecule has 1 aromatic carbocycles. The summed E-state index contributed by atoms with van der Waals surface area (Å²) < 4.78 is 11.1. The van der Waals surface area contributed by atoms with Gasteiger partial charge in [0, 0.05) is 56.6 Å². The van der Waals surface area contributed by atoms with Crippen LogP contribution in [0.4, 0.5) is 4.79 Å². The molecule has 2 aliphatic rings. The molecule has 2 amide bonds. The predicted octanol–water partition coefficient (Wildman–Crippen LogP) is 3.95. The molecule has 2 unspecified atom stereocenters. The maximum atomic E-state index is 13.3. The number of carbonyl (C=O) groups excluding carboxylic acids is 1. The van der Waals surface area contributed by atoms with E-state index in [1.165, 1.54) is 11.1 Å². The van der Waals surface area contributed by atoms with E-state index in [0.717, 1.165) is 44.0 Å². The van der Waals surface area contributed by atoms with E-state index < -0.39 is 0 Å². The van der Waals surface area contributed by atoms with Gasteiger partial charge in [-0.1, -0.05) is 36.3 Å². The van der Waals surface area contributed by atoms with Crippen molar-refractivity contribution in [1.82, 2.24) is 19.9 Å². The second-order valence-electron chi connectivity index (χ2n) is 8.51. The third kappa shape index (κ3) is 5.64. The zero-order valence-electron chi connectivity index (χ0n) is 19.2. The molecule has 174 valence electrons. The summed E-state index contributed by atoms with van der Waals surface area (Å²) in [4.78, 5) is 22.0. The van der Waals surface area contributed by atoms with Crippen molar-refractivity contribution in [3.63, 3.8) is 0 Å². The van der Waals surface area contributed by atoms with Crippen LogP contribution in [0.3, 0.4) is 0 Å². The zero-order valence-corrected chi connectivity index (χ0v) is 20.0. The van der Waals surface area contributed by atoms with Gasteiger partial charge in [-0.3, -0.25) is 0 Å². The Balaban J connectivity index is 1.52. The molecule has 2 aliphatic heterocycles. The van der Waals surface area contributed by atoms with Crippen molar-refractivity contribution in [1.29, 1.82) is 0 Å². The molecule has 4 rings (SSSR count). The van der Waals surface area contributed by atoms with Gasteiger partial charge < -0.3 is 19.1 Å². The molecule has 1 aromatic heterocycles. The fourth-order valence-corrected chi connectivity index (χ4v) is 5.40. The van der Waals surface area contributed by atoms with Gasteiger partial charge in [0.1, 0.15) is 0 Å². The molecule has 32 heavy (non-hydrogen) atoms. The Hall–Kier alpha value is -2.06. The first-order valence-electron chi connectivity index (χ1n) is 11.8. The van der Waals surface area contributed by atoms with Crippen molar-refractivity contribution >= 4 is 17.8 Å². The Morgan fingerprint density at radius 1 is 1.12 bits per heavy atom. The SMILES string of the molecule is CCOCCc1noc(C2CC(c3ccc(CC)cc3)CN(C(=O)N3CCSCC3)C2)n1. The highest BCUT2D eigenvalue weighted by Gasteiger charge is 2.36. The maximum absolute atomic E-state index is 13.3. The number of rotatable bonds is 7. The van der Waals surface area contributed by atoms with Crippen molar-refractivity contribution in [3.8, 4) is 0 Å². The standard InChI is InChI=1S/C24H34N4O3S/c1-3-18-5-7-19(8-6-18)20-15-21(23-25-22(26-31-23)9-12-30-4-2)17-28(16-20)24(29)27-10-13-32-14-11-27/h5-8,20-21H,3-4,9-17H2,1-2H3. The van der Waals surface area contributed by atoms with Crippen LogP contribution in [-0.4, -0.2) is 76.9 Å². The Morgan fingerprint density at radius 3 is 2.59 bits per heavy atom. The second kappa shape index (κ2) is 11.2. The summed E-state index contributed by atoms with van der Waals surface area (Å²) in [5.41, 5.74) is 2.60. The molecule has 0 saturated carbocycles. The van der Waals surface area contributed by atoms with Crippen LogP contribution in [0.25, 0.3) is 0 Å². The molecule has 2 atom stereocenters. The van der Waals surface area contributed by atoms with Gasteiger partial charge in [0.05, 0.1) is 12.5 Å². The quantitative estimate of drug-likeness (QED) is 0.585. The fraction of sp³-hybridized carbons (Fsp3) is 0.625. The molecular weight excluding hydrogens is 424 g/mol. The van der Waals surface area contributed by atoms with Crippen LogP contribution >= 0.6 is 11.8 Å². The summed E-state index contributed by atoms with van der Waals surface area (Å²) in [5.74, 6) is 3.63. The lowest BCUT2D eigenvalue weighted by atomic mass is 9.84. The van der Waals surface area contributed by atoms with Gasteiger partial charge in [-0.15, -0.1) is 0 Å². The van der Waals surface area contributed by atoms with E-state index in [4.69, 9.17) is 9.26 Å². The maximum Gasteiger partial charge on any atom is 0.320 e. The van der Waals surface area contributed by atoms with Gasteiger partial charge in [0.15, 0.2) is 5.82 Å². The molecule has 8 heteroatoms. The fourth-order valence-electron chi connectivity index (χ4n) is 4.50. The van der Waals surface area contributed by atoms with E-state index in [0.29, 0.717) is 37.9 Å². The number of aromatic nitrogens is 2. The Bertz CT molecular complexity index is 866.